The van der Waals surface area contributed by atoms with Crippen LogP contribution in [0.2, 0.25) is 0 Å². The molecule has 0 radical (unpaired) electrons. The SMILES string of the molecule is CCOCCN(C)c1c(C#N)c(=O)n(C)c(=O)n1C. The molecule has 104 valence electrons. The van der Waals surface area contributed by atoms with Crippen LogP contribution >= 0.6 is 0 Å². The van der Waals surface area contributed by atoms with Crippen molar-refractivity contribution in [3.05, 3.63) is 26.4 Å². The average Bonchev–Trinajstić information content (AvgIpc) is 2.40. The van der Waals surface area contributed by atoms with Crippen molar-refractivity contribution in [3.63, 3.8) is 0 Å². The maximum atomic E-state index is 11.9. The maximum absolute atomic E-state index is 11.9. The van der Waals surface area contributed by atoms with Crippen molar-refractivity contribution in [1.29, 1.82) is 5.26 Å². The highest BCUT2D eigenvalue weighted by molar-refractivity contribution is 5.52. The van der Waals surface area contributed by atoms with Gasteiger partial charge in [-0.3, -0.25) is 13.9 Å². The van der Waals surface area contributed by atoms with Gasteiger partial charge in [-0.2, -0.15) is 5.26 Å². The summed E-state index contributed by atoms with van der Waals surface area (Å²) in [6.45, 7) is 3.42. The molecule has 0 aliphatic heterocycles. The van der Waals surface area contributed by atoms with Gasteiger partial charge < -0.3 is 9.64 Å². The third-order valence-electron chi connectivity index (χ3n) is 2.88. The Balaban J connectivity index is 3.31. The van der Waals surface area contributed by atoms with Gasteiger partial charge >= 0.3 is 5.69 Å². The molecule has 7 nitrogen and oxygen atoms in total. The molecule has 0 unspecified atom stereocenters. The molecule has 0 saturated carbocycles. The minimum atomic E-state index is -0.580. The van der Waals surface area contributed by atoms with Crippen molar-refractivity contribution in [1.82, 2.24) is 9.13 Å². The van der Waals surface area contributed by atoms with E-state index in [1.165, 1.54) is 18.7 Å². The Morgan fingerprint density at radius 2 is 1.95 bits per heavy atom. The fourth-order valence-corrected chi connectivity index (χ4v) is 1.83. The molecule has 0 aliphatic rings. The summed E-state index contributed by atoms with van der Waals surface area (Å²) in [5.74, 6) is 0.315. The minimum absolute atomic E-state index is 0.0383. The average molecular weight is 266 g/mol. The van der Waals surface area contributed by atoms with Gasteiger partial charge in [-0.25, -0.2) is 4.79 Å². The molecule has 0 N–H and O–H groups in total. The molecule has 0 amide bonds. The molecule has 0 fully saturated rings. The summed E-state index contributed by atoms with van der Waals surface area (Å²) in [5, 5.41) is 9.12. The maximum Gasteiger partial charge on any atom is 0.332 e. The third-order valence-corrected chi connectivity index (χ3v) is 2.88. The van der Waals surface area contributed by atoms with E-state index in [0.29, 0.717) is 25.6 Å². The second-order valence-corrected chi connectivity index (χ2v) is 4.13. The van der Waals surface area contributed by atoms with E-state index in [9.17, 15) is 9.59 Å². The molecule has 1 aromatic rings. The van der Waals surface area contributed by atoms with Crippen LogP contribution in [0.15, 0.2) is 9.59 Å². The van der Waals surface area contributed by atoms with Crippen LogP contribution in [0.1, 0.15) is 12.5 Å². The number of hydrogen-bond donors (Lipinski definition) is 0. The van der Waals surface area contributed by atoms with Crippen LogP contribution in [-0.2, 0) is 18.8 Å². The van der Waals surface area contributed by atoms with E-state index < -0.39 is 11.2 Å². The van der Waals surface area contributed by atoms with Gasteiger partial charge in [-0.05, 0) is 6.92 Å². The molecule has 0 saturated heterocycles. The zero-order valence-electron chi connectivity index (χ0n) is 11.6. The first-order chi connectivity index (χ1) is 8.95. The Hall–Kier alpha value is -2.07. The zero-order valence-corrected chi connectivity index (χ0v) is 11.6. The van der Waals surface area contributed by atoms with E-state index >= 15 is 0 Å². The first kappa shape index (κ1) is 15.0. The standard InChI is InChI=1S/C12H18N4O3/c1-5-19-7-6-14(2)10-9(8-13)11(17)16(4)12(18)15(10)3/h5-7H2,1-4H3. The van der Waals surface area contributed by atoms with Crippen molar-refractivity contribution >= 4 is 5.82 Å². The molecular weight excluding hydrogens is 248 g/mol. The van der Waals surface area contributed by atoms with E-state index in [1.54, 1.807) is 11.9 Å². The van der Waals surface area contributed by atoms with E-state index in [-0.39, 0.29) is 5.56 Å². The number of likely N-dealkylation sites (N-methyl/N-ethyl adjacent to an activating group) is 1. The Labute approximate surface area is 111 Å². The molecule has 1 heterocycles. The van der Waals surface area contributed by atoms with E-state index in [2.05, 4.69) is 0 Å². The predicted molar refractivity (Wildman–Crippen MR) is 71.4 cm³/mol. The number of rotatable bonds is 5. The van der Waals surface area contributed by atoms with Crippen molar-refractivity contribution in [2.45, 2.75) is 6.92 Å². The molecule has 19 heavy (non-hydrogen) atoms. The highest BCUT2D eigenvalue weighted by Crippen LogP contribution is 2.11. The van der Waals surface area contributed by atoms with Crippen LogP contribution in [0.25, 0.3) is 0 Å². The lowest BCUT2D eigenvalue weighted by molar-refractivity contribution is 0.154. The fraction of sp³-hybridized carbons (Fsp3) is 0.583. The number of nitriles is 1. The van der Waals surface area contributed by atoms with Crippen molar-refractivity contribution in [3.8, 4) is 6.07 Å². The van der Waals surface area contributed by atoms with Gasteiger partial charge in [0.1, 0.15) is 11.9 Å². The molecule has 0 bridgehead atoms. The molecular formula is C12H18N4O3. The highest BCUT2D eigenvalue weighted by atomic mass is 16.5. The molecule has 0 atom stereocenters. The van der Waals surface area contributed by atoms with Crippen LogP contribution in [0.4, 0.5) is 5.82 Å². The van der Waals surface area contributed by atoms with Gasteiger partial charge in [-0.1, -0.05) is 0 Å². The third kappa shape index (κ3) is 2.85. The molecule has 0 aliphatic carbocycles. The Morgan fingerprint density at radius 1 is 1.32 bits per heavy atom. The zero-order chi connectivity index (χ0) is 14.6. The first-order valence-corrected chi connectivity index (χ1v) is 5.94. The minimum Gasteiger partial charge on any atom is -0.380 e. The summed E-state index contributed by atoms with van der Waals surface area (Å²) >= 11 is 0. The lowest BCUT2D eigenvalue weighted by Gasteiger charge is -2.22. The Morgan fingerprint density at radius 3 is 2.47 bits per heavy atom. The fourth-order valence-electron chi connectivity index (χ4n) is 1.83. The number of ether oxygens (including phenoxy) is 1. The van der Waals surface area contributed by atoms with E-state index in [0.717, 1.165) is 4.57 Å². The van der Waals surface area contributed by atoms with Crippen molar-refractivity contribution in [2.24, 2.45) is 14.1 Å². The normalized spacial score (nSPS) is 10.3. The van der Waals surface area contributed by atoms with Gasteiger partial charge in [-0.15, -0.1) is 0 Å². The summed E-state index contributed by atoms with van der Waals surface area (Å²) in [6, 6.07) is 1.87. The largest absolute Gasteiger partial charge is 0.380 e. The van der Waals surface area contributed by atoms with Crippen LogP contribution in [-0.4, -0.2) is 35.9 Å². The summed E-state index contributed by atoms with van der Waals surface area (Å²) in [7, 11) is 4.61. The van der Waals surface area contributed by atoms with Gasteiger partial charge in [0.15, 0.2) is 5.56 Å². The Kier molecular flexibility index (Phi) is 4.89. The summed E-state index contributed by atoms with van der Waals surface area (Å²) in [5.41, 5.74) is -1.07. The number of aromatic nitrogens is 2. The smallest absolute Gasteiger partial charge is 0.332 e. The summed E-state index contributed by atoms with van der Waals surface area (Å²) in [4.78, 5) is 25.4. The van der Waals surface area contributed by atoms with Gasteiger partial charge in [0.2, 0.25) is 0 Å². The molecule has 0 spiro atoms. The van der Waals surface area contributed by atoms with Crippen LogP contribution in [0.5, 0.6) is 0 Å². The van der Waals surface area contributed by atoms with E-state index in [1.807, 2.05) is 13.0 Å². The lowest BCUT2D eigenvalue weighted by atomic mass is 10.3. The van der Waals surface area contributed by atoms with Crippen molar-refractivity contribution in [2.75, 3.05) is 31.7 Å². The van der Waals surface area contributed by atoms with Gasteiger partial charge in [0.05, 0.1) is 6.61 Å². The molecule has 7 heteroatoms. The highest BCUT2D eigenvalue weighted by Gasteiger charge is 2.18. The Bertz CT molecular complexity index is 609. The van der Waals surface area contributed by atoms with Gasteiger partial charge in [0.25, 0.3) is 5.56 Å². The quantitative estimate of drug-likeness (QED) is 0.667. The second-order valence-electron chi connectivity index (χ2n) is 4.13. The molecule has 1 rings (SSSR count). The second kappa shape index (κ2) is 6.20. The summed E-state index contributed by atoms with van der Waals surface area (Å²) < 4.78 is 7.45. The summed E-state index contributed by atoms with van der Waals surface area (Å²) in [6.07, 6.45) is 0. The van der Waals surface area contributed by atoms with Crippen LogP contribution in [0.3, 0.4) is 0 Å². The molecule has 0 aromatic carbocycles. The topological polar surface area (TPSA) is 80.3 Å². The van der Waals surface area contributed by atoms with E-state index in [4.69, 9.17) is 10.00 Å². The number of anilines is 1. The van der Waals surface area contributed by atoms with Crippen LogP contribution in [0, 0.1) is 11.3 Å². The van der Waals surface area contributed by atoms with Crippen LogP contribution < -0.4 is 16.1 Å². The predicted octanol–water partition coefficient (Wildman–Crippen LogP) is -0.572. The monoisotopic (exact) mass is 266 g/mol. The first-order valence-electron chi connectivity index (χ1n) is 5.94. The lowest BCUT2D eigenvalue weighted by Crippen LogP contribution is -2.42. The number of hydrogen-bond acceptors (Lipinski definition) is 5. The van der Waals surface area contributed by atoms with Crippen molar-refractivity contribution < 1.29 is 4.74 Å². The molecule has 1 aromatic heterocycles. The van der Waals surface area contributed by atoms with Gasteiger partial charge in [0, 0.05) is 34.3 Å². The number of nitrogens with zero attached hydrogens (tertiary/aromatic N) is 4.